The molecule has 9 heteroatoms. The van der Waals surface area contributed by atoms with Crippen LogP contribution in [0.2, 0.25) is 5.02 Å². The van der Waals surface area contributed by atoms with Gasteiger partial charge in [0, 0.05) is 30.7 Å². The van der Waals surface area contributed by atoms with Gasteiger partial charge in [0.15, 0.2) is 5.69 Å². The lowest BCUT2D eigenvalue weighted by molar-refractivity contribution is 0.0712. The molecular weight excluding hydrogens is 333 g/mol. The second kappa shape index (κ2) is 5.84. The maximum Gasteiger partial charge on any atom is 0.282 e. The van der Waals surface area contributed by atoms with E-state index in [1.807, 2.05) is 0 Å². The zero-order chi connectivity index (χ0) is 16.7. The SMILES string of the molecule is Cn1nnc(C(=O)N2CCc3cc(Cl)cc(F)c3C2)c1C(F)F. The molecule has 0 aliphatic carbocycles. The van der Waals surface area contributed by atoms with E-state index in [0.29, 0.717) is 17.5 Å². The summed E-state index contributed by atoms with van der Waals surface area (Å²) in [6.07, 6.45) is -2.48. The summed E-state index contributed by atoms with van der Waals surface area (Å²) in [5.41, 5.74) is 0.112. The van der Waals surface area contributed by atoms with Gasteiger partial charge in [-0.3, -0.25) is 4.79 Å². The van der Waals surface area contributed by atoms with Gasteiger partial charge in [0.05, 0.1) is 0 Å². The van der Waals surface area contributed by atoms with Gasteiger partial charge < -0.3 is 4.90 Å². The zero-order valence-electron chi connectivity index (χ0n) is 12.1. The van der Waals surface area contributed by atoms with Crippen molar-refractivity contribution in [2.45, 2.75) is 19.4 Å². The Hall–Kier alpha value is -2.09. The molecule has 0 unspecified atom stereocenters. The number of aromatic nitrogens is 3. The number of fused-ring (bicyclic) bond motifs is 1. The number of amides is 1. The molecule has 1 aliphatic heterocycles. The van der Waals surface area contributed by atoms with E-state index in [1.54, 1.807) is 6.07 Å². The normalized spacial score (nSPS) is 14.3. The van der Waals surface area contributed by atoms with E-state index < -0.39 is 29.5 Å². The van der Waals surface area contributed by atoms with Crippen molar-refractivity contribution in [1.82, 2.24) is 19.9 Å². The van der Waals surface area contributed by atoms with E-state index in [-0.39, 0.29) is 18.1 Å². The van der Waals surface area contributed by atoms with Crippen LogP contribution in [0.3, 0.4) is 0 Å². The third-order valence-electron chi connectivity index (χ3n) is 3.82. The predicted molar refractivity (Wildman–Crippen MR) is 75.8 cm³/mol. The van der Waals surface area contributed by atoms with Gasteiger partial charge in [0.2, 0.25) is 0 Å². The molecule has 0 saturated carbocycles. The summed E-state index contributed by atoms with van der Waals surface area (Å²) in [6.45, 7) is 0.251. The summed E-state index contributed by atoms with van der Waals surface area (Å²) in [5, 5.41) is 7.29. The van der Waals surface area contributed by atoms with Crippen molar-refractivity contribution in [3.63, 3.8) is 0 Å². The predicted octanol–water partition coefficient (Wildman–Crippen LogP) is 2.74. The van der Waals surface area contributed by atoms with E-state index >= 15 is 0 Å². The highest BCUT2D eigenvalue weighted by molar-refractivity contribution is 6.30. The number of hydrogen-bond acceptors (Lipinski definition) is 3. The van der Waals surface area contributed by atoms with E-state index in [4.69, 9.17) is 11.6 Å². The average molecular weight is 345 g/mol. The molecule has 1 amide bonds. The summed E-state index contributed by atoms with van der Waals surface area (Å²) < 4.78 is 41.0. The molecule has 1 aromatic heterocycles. The van der Waals surface area contributed by atoms with Crippen molar-refractivity contribution in [2.75, 3.05) is 6.54 Å². The highest BCUT2D eigenvalue weighted by Crippen LogP contribution is 2.28. The number of alkyl halides is 2. The number of carbonyl (C=O) groups excluding carboxylic acids is 1. The quantitative estimate of drug-likeness (QED) is 0.841. The summed E-state index contributed by atoms with van der Waals surface area (Å²) in [7, 11) is 1.29. The highest BCUT2D eigenvalue weighted by atomic mass is 35.5. The molecule has 122 valence electrons. The Morgan fingerprint density at radius 2 is 2.13 bits per heavy atom. The van der Waals surface area contributed by atoms with Crippen LogP contribution >= 0.6 is 11.6 Å². The van der Waals surface area contributed by atoms with Crippen LogP contribution in [-0.2, 0) is 20.0 Å². The first-order valence-corrected chi connectivity index (χ1v) is 7.20. The molecule has 2 heterocycles. The van der Waals surface area contributed by atoms with E-state index in [1.165, 1.54) is 18.0 Å². The molecule has 5 nitrogen and oxygen atoms in total. The van der Waals surface area contributed by atoms with E-state index in [9.17, 15) is 18.0 Å². The first-order valence-electron chi connectivity index (χ1n) is 6.82. The Morgan fingerprint density at radius 1 is 1.39 bits per heavy atom. The number of carbonyl (C=O) groups is 1. The monoisotopic (exact) mass is 344 g/mol. The third-order valence-corrected chi connectivity index (χ3v) is 4.04. The molecule has 3 rings (SSSR count). The van der Waals surface area contributed by atoms with E-state index in [2.05, 4.69) is 10.3 Å². The molecule has 2 aromatic rings. The number of aryl methyl sites for hydroxylation is 1. The lowest BCUT2D eigenvalue weighted by Gasteiger charge is -2.29. The minimum absolute atomic E-state index is 0.0174. The minimum Gasteiger partial charge on any atom is -0.332 e. The smallest absolute Gasteiger partial charge is 0.282 e. The first kappa shape index (κ1) is 15.8. The van der Waals surface area contributed by atoms with Gasteiger partial charge >= 0.3 is 0 Å². The number of hydrogen-bond donors (Lipinski definition) is 0. The van der Waals surface area contributed by atoms with Gasteiger partial charge in [-0.05, 0) is 24.1 Å². The molecule has 0 radical (unpaired) electrons. The summed E-state index contributed by atoms with van der Waals surface area (Å²) in [6, 6.07) is 2.82. The fourth-order valence-electron chi connectivity index (χ4n) is 2.67. The standard InChI is InChI=1S/C14H12ClF3N4O/c1-21-12(13(17)18)11(19-20-21)14(23)22-3-2-7-4-8(15)5-10(16)9(7)6-22/h4-5,13H,2-3,6H2,1H3. The summed E-state index contributed by atoms with van der Waals surface area (Å²) in [5.74, 6) is -1.20. The van der Waals surface area contributed by atoms with Gasteiger partial charge in [-0.2, -0.15) is 0 Å². The number of nitrogens with zero attached hydrogens (tertiary/aromatic N) is 4. The molecule has 0 atom stereocenters. The Balaban J connectivity index is 1.91. The minimum atomic E-state index is -2.87. The molecule has 1 aliphatic rings. The van der Waals surface area contributed by atoms with Gasteiger partial charge in [0.25, 0.3) is 12.3 Å². The Bertz CT molecular complexity index is 778. The molecular formula is C14H12ClF3N4O. The van der Waals surface area contributed by atoms with Gasteiger partial charge in [-0.25, -0.2) is 17.9 Å². The van der Waals surface area contributed by atoms with Gasteiger partial charge in [-0.15, -0.1) is 5.10 Å². The van der Waals surface area contributed by atoms with Gasteiger partial charge in [-0.1, -0.05) is 16.8 Å². The maximum absolute atomic E-state index is 14.0. The molecule has 23 heavy (non-hydrogen) atoms. The molecule has 0 spiro atoms. The molecule has 0 saturated heterocycles. The lowest BCUT2D eigenvalue weighted by atomic mass is 9.99. The van der Waals surface area contributed by atoms with Crippen LogP contribution in [-0.4, -0.2) is 32.3 Å². The van der Waals surface area contributed by atoms with Crippen LogP contribution in [0.25, 0.3) is 0 Å². The van der Waals surface area contributed by atoms with Crippen molar-refractivity contribution in [1.29, 1.82) is 0 Å². The molecule has 0 fully saturated rings. The Morgan fingerprint density at radius 3 is 2.83 bits per heavy atom. The van der Waals surface area contributed by atoms with E-state index in [0.717, 1.165) is 4.68 Å². The second-order valence-corrected chi connectivity index (χ2v) is 5.69. The number of rotatable bonds is 2. The van der Waals surface area contributed by atoms with Crippen molar-refractivity contribution in [3.05, 3.63) is 45.5 Å². The van der Waals surface area contributed by atoms with Crippen LogP contribution in [0, 0.1) is 5.82 Å². The number of halogens is 4. The summed E-state index contributed by atoms with van der Waals surface area (Å²) >= 11 is 5.81. The van der Waals surface area contributed by atoms with Crippen LogP contribution in [0.15, 0.2) is 12.1 Å². The molecule has 0 N–H and O–H groups in total. The lowest BCUT2D eigenvalue weighted by Crippen LogP contribution is -2.37. The van der Waals surface area contributed by atoms with Crippen LogP contribution in [0.1, 0.15) is 33.7 Å². The maximum atomic E-state index is 14.0. The zero-order valence-corrected chi connectivity index (χ0v) is 12.8. The average Bonchev–Trinajstić information content (AvgIpc) is 2.88. The topological polar surface area (TPSA) is 51.0 Å². The highest BCUT2D eigenvalue weighted by Gasteiger charge is 2.31. The summed E-state index contributed by atoms with van der Waals surface area (Å²) in [4.78, 5) is 13.7. The molecule has 1 aromatic carbocycles. The fourth-order valence-corrected chi connectivity index (χ4v) is 2.89. The third kappa shape index (κ3) is 2.78. The van der Waals surface area contributed by atoms with Crippen LogP contribution in [0.5, 0.6) is 0 Å². The van der Waals surface area contributed by atoms with Crippen LogP contribution in [0.4, 0.5) is 13.2 Å². The van der Waals surface area contributed by atoms with Crippen molar-refractivity contribution in [3.8, 4) is 0 Å². The molecule has 0 bridgehead atoms. The van der Waals surface area contributed by atoms with Crippen molar-refractivity contribution < 1.29 is 18.0 Å². The van der Waals surface area contributed by atoms with Crippen LogP contribution < -0.4 is 0 Å². The van der Waals surface area contributed by atoms with Gasteiger partial charge in [0.1, 0.15) is 11.5 Å². The largest absolute Gasteiger partial charge is 0.332 e. The Labute approximate surface area is 134 Å². The number of benzene rings is 1. The van der Waals surface area contributed by atoms with Crippen molar-refractivity contribution in [2.24, 2.45) is 7.05 Å². The Kier molecular flexibility index (Phi) is 4.01. The first-order chi connectivity index (χ1) is 10.9. The fraction of sp³-hybridized carbons (Fsp3) is 0.357. The van der Waals surface area contributed by atoms with Crippen molar-refractivity contribution >= 4 is 17.5 Å². The second-order valence-electron chi connectivity index (χ2n) is 5.25.